The van der Waals surface area contributed by atoms with E-state index in [0.29, 0.717) is 29.6 Å². The van der Waals surface area contributed by atoms with Crippen LogP contribution in [-0.4, -0.2) is 11.4 Å². The van der Waals surface area contributed by atoms with Gasteiger partial charge in [-0.25, -0.2) is 0 Å². The Balaban J connectivity index is 1.18. The van der Waals surface area contributed by atoms with Crippen molar-refractivity contribution in [2.75, 3.05) is 0 Å². The highest BCUT2D eigenvalue weighted by Crippen LogP contribution is 2.63. The first-order valence-corrected chi connectivity index (χ1v) is 11.0. The van der Waals surface area contributed by atoms with E-state index in [1.54, 1.807) is 6.92 Å². The molecule has 0 aliphatic heterocycles. The Kier molecular flexibility index (Phi) is 4.74. The summed E-state index contributed by atoms with van der Waals surface area (Å²) < 4.78 is 12.5. The Morgan fingerprint density at radius 2 is 1.76 bits per heavy atom. The predicted octanol–water partition coefficient (Wildman–Crippen LogP) is 6.31. The molecular weight excluding hydrogens is 360 g/mol. The van der Waals surface area contributed by atoms with Gasteiger partial charge in [0, 0.05) is 5.92 Å². The molecule has 0 saturated heterocycles. The summed E-state index contributed by atoms with van der Waals surface area (Å²) in [5.74, 6) is 3.10. The van der Waals surface area contributed by atoms with E-state index in [1.807, 2.05) is 42.5 Å². The molecule has 3 aliphatic carbocycles. The lowest BCUT2D eigenvalue weighted by Crippen LogP contribution is -2.26. The highest BCUT2D eigenvalue weighted by molar-refractivity contribution is 5.81. The fourth-order valence-corrected chi connectivity index (χ4v) is 5.83. The SMILES string of the molecule is CC(=O)C1CC1CC12CCC(OCc3cccc(Oc4ccccc4)c3)(CC1)C2. The Bertz CT molecular complexity index is 880. The van der Waals surface area contributed by atoms with Gasteiger partial charge in [0.15, 0.2) is 0 Å². The van der Waals surface area contributed by atoms with Crippen LogP contribution in [0.3, 0.4) is 0 Å². The van der Waals surface area contributed by atoms with Crippen molar-refractivity contribution in [3.8, 4) is 11.5 Å². The molecule has 2 aromatic rings. The van der Waals surface area contributed by atoms with E-state index < -0.39 is 0 Å². The van der Waals surface area contributed by atoms with Crippen LogP contribution in [0.25, 0.3) is 0 Å². The van der Waals surface area contributed by atoms with Gasteiger partial charge in [-0.3, -0.25) is 4.79 Å². The summed E-state index contributed by atoms with van der Waals surface area (Å²) >= 11 is 0. The summed E-state index contributed by atoms with van der Waals surface area (Å²) in [6.07, 6.45) is 8.43. The molecular formula is C26H30O3. The predicted molar refractivity (Wildman–Crippen MR) is 113 cm³/mol. The second kappa shape index (κ2) is 7.28. The molecule has 0 N–H and O–H groups in total. The minimum Gasteiger partial charge on any atom is -0.457 e. The molecule has 152 valence electrons. The molecule has 0 spiro atoms. The van der Waals surface area contributed by atoms with Gasteiger partial charge in [0.05, 0.1) is 12.2 Å². The Morgan fingerprint density at radius 1 is 1.00 bits per heavy atom. The van der Waals surface area contributed by atoms with Gasteiger partial charge in [-0.15, -0.1) is 0 Å². The summed E-state index contributed by atoms with van der Waals surface area (Å²) in [6, 6.07) is 18.1. The molecule has 0 radical (unpaired) electrons. The molecule has 2 aromatic carbocycles. The minimum absolute atomic E-state index is 0.0525. The number of hydrogen-bond donors (Lipinski definition) is 0. The molecule has 5 rings (SSSR count). The van der Waals surface area contributed by atoms with Gasteiger partial charge >= 0.3 is 0 Å². The van der Waals surface area contributed by atoms with Gasteiger partial charge in [0.1, 0.15) is 17.3 Å². The van der Waals surface area contributed by atoms with Crippen molar-refractivity contribution in [3.05, 3.63) is 60.2 Å². The molecule has 2 bridgehead atoms. The first-order chi connectivity index (χ1) is 14.0. The number of carbonyl (C=O) groups excluding carboxylic acids is 1. The summed E-state index contributed by atoms with van der Waals surface area (Å²) in [6.45, 7) is 2.40. The van der Waals surface area contributed by atoms with E-state index in [2.05, 4.69) is 12.1 Å². The van der Waals surface area contributed by atoms with Gasteiger partial charge in [0.25, 0.3) is 0 Å². The first-order valence-electron chi connectivity index (χ1n) is 11.0. The van der Waals surface area contributed by atoms with Gasteiger partial charge < -0.3 is 9.47 Å². The third-order valence-corrected chi connectivity index (χ3v) is 7.48. The zero-order valence-corrected chi connectivity index (χ0v) is 17.2. The van der Waals surface area contributed by atoms with Crippen LogP contribution >= 0.6 is 0 Å². The maximum Gasteiger partial charge on any atom is 0.133 e. The average molecular weight is 391 g/mol. The second-order valence-corrected chi connectivity index (χ2v) is 9.63. The van der Waals surface area contributed by atoms with Crippen LogP contribution in [0.15, 0.2) is 54.6 Å². The molecule has 29 heavy (non-hydrogen) atoms. The summed E-state index contributed by atoms with van der Waals surface area (Å²) in [4.78, 5) is 11.6. The van der Waals surface area contributed by atoms with Gasteiger partial charge in [-0.2, -0.15) is 0 Å². The summed E-state index contributed by atoms with van der Waals surface area (Å²) in [7, 11) is 0. The monoisotopic (exact) mass is 390 g/mol. The van der Waals surface area contributed by atoms with E-state index in [1.165, 1.54) is 38.5 Å². The second-order valence-electron chi connectivity index (χ2n) is 9.63. The molecule has 2 unspecified atom stereocenters. The van der Waals surface area contributed by atoms with Crippen molar-refractivity contribution >= 4 is 5.78 Å². The van der Waals surface area contributed by atoms with Crippen LogP contribution in [0.1, 0.15) is 57.4 Å². The topological polar surface area (TPSA) is 35.5 Å². The fourth-order valence-electron chi connectivity index (χ4n) is 5.83. The molecule has 3 heteroatoms. The minimum atomic E-state index is 0.0525. The zero-order chi connectivity index (χ0) is 19.9. The Hall–Kier alpha value is -2.13. The summed E-state index contributed by atoms with van der Waals surface area (Å²) in [5.41, 5.74) is 1.65. The van der Waals surface area contributed by atoms with Crippen LogP contribution in [0.5, 0.6) is 11.5 Å². The summed E-state index contributed by atoms with van der Waals surface area (Å²) in [5, 5.41) is 0. The van der Waals surface area contributed by atoms with E-state index in [9.17, 15) is 4.79 Å². The van der Waals surface area contributed by atoms with Gasteiger partial charge in [-0.1, -0.05) is 30.3 Å². The van der Waals surface area contributed by atoms with E-state index in [0.717, 1.165) is 23.5 Å². The number of ketones is 1. The lowest BCUT2D eigenvalue weighted by atomic mass is 9.79. The number of hydrogen-bond acceptors (Lipinski definition) is 3. The molecule has 0 aromatic heterocycles. The standard InChI is InChI=1S/C26H30O3/c1-19(27)24-15-21(24)16-25-10-12-26(18-25,13-11-25)28-17-20-6-5-9-23(14-20)29-22-7-3-2-4-8-22/h2-9,14,21,24H,10-13,15-18H2,1H3. The Morgan fingerprint density at radius 3 is 2.48 bits per heavy atom. The number of carbonyl (C=O) groups is 1. The van der Waals surface area contributed by atoms with E-state index in [-0.39, 0.29) is 5.60 Å². The maximum atomic E-state index is 11.6. The fraction of sp³-hybridized carbons (Fsp3) is 0.500. The average Bonchev–Trinajstić information content (AvgIpc) is 3.27. The first kappa shape index (κ1) is 18.9. The van der Waals surface area contributed by atoms with Crippen molar-refractivity contribution in [2.24, 2.45) is 17.3 Å². The van der Waals surface area contributed by atoms with Crippen LogP contribution in [0, 0.1) is 17.3 Å². The van der Waals surface area contributed by atoms with Crippen LogP contribution < -0.4 is 4.74 Å². The molecule has 3 fully saturated rings. The number of benzene rings is 2. The van der Waals surface area contributed by atoms with Crippen molar-refractivity contribution in [3.63, 3.8) is 0 Å². The third kappa shape index (κ3) is 3.98. The van der Waals surface area contributed by atoms with Crippen molar-refractivity contribution in [1.29, 1.82) is 0 Å². The van der Waals surface area contributed by atoms with Crippen LogP contribution in [0.2, 0.25) is 0 Å². The van der Waals surface area contributed by atoms with Crippen molar-refractivity contribution in [2.45, 2.75) is 64.1 Å². The molecule has 3 nitrogen and oxygen atoms in total. The lowest BCUT2D eigenvalue weighted by Gasteiger charge is -2.28. The smallest absolute Gasteiger partial charge is 0.133 e. The van der Waals surface area contributed by atoms with Gasteiger partial charge in [0.2, 0.25) is 0 Å². The third-order valence-electron chi connectivity index (χ3n) is 7.48. The molecule has 0 heterocycles. The van der Waals surface area contributed by atoms with Gasteiger partial charge in [-0.05, 0) is 93.0 Å². The number of ether oxygens (including phenoxy) is 2. The largest absolute Gasteiger partial charge is 0.457 e. The van der Waals surface area contributed by atoms with Crippen molar-refractivity contribution in [1.82, 2.24) is 0 Å². The molecule has 3 aliphatic rings. The molecule has 0 amide bonds. The van der Waals surface area contributed by atoms with Crippen LogP contribution in [-0.2, 0) is 16.1 Å². The number of rotatable bonds is 8. The van der Waals surface area contributed by atoms with Crippen LogP contribution in [0.4, 0.5) is 0 Å². The lowest BCUT2D eigenvalue weighted by molar-refractivity contribution is -0.118. The molecule has 3 saturated carbocycles. The number of para-hydroxylation sites is 1. The maximum absolute atomic E-state index is 11.6. The normalized spacial score (nSPS) is 32.3. The Labute approximate surface area is 173 Å². The quantitative estimate of drug-likeness (QED) is 0.529. The highest BCUT2D eigenvalue weighted by atomic mass is 16.5. The van der Waals surface area contributed by atoms with E-state index in [4.69, 9.17) is 9.47 Å². The molecule has 2 atom stereocenters. The highest BCUT2D eigenvalue weighted by Gasteiger charge is 2.57. The van der Waals surface area contributed by atoms with Crippen molar-refractivity contribution < 1.29 is 14.3 Å². The zero-order valence-electron chi connectivity index (χ0n) is 17.2. The van der Waals surface area contributed by atoms with E-state index >= 15 is 0 Å². The number of Topliss-reactive ketones (excluding diaryl/α,β-unsaturated/α-hetero) is 1. The number of fused-ring (bicyclic) bond motifs is 2.